The van der Waals surface area contributed by atoms with Crippen molar-refractivity contribution in [3.63, 3.8) is 0 Å². The summed E-state index contributed by atoms with van der Waals surface area (Å²) in [5.41, 5.74) is 6.60. The zero-order valence-corrected chi connectivity index (χ0v) is 8.40. The molecule has 0 radical (unpaired) electrons. The van der Waals surface area contributed by atoms with E-state index in [0.29, 0.717) is 11.7 Å². The van der Waals surface area contributed by atoms with Crippen LogP contribution in [0, 0.1) is 0 Å². The highest BCUT2D eigenvalue weighted by atomic mass is 32.2. The number of nitrogens with zero attached hydrogens (tertiary/aromatic N) is 1. The maximum atomic E-state index is 5.49. The molecule has 0 atom stereocenters. The van der Waals surface area contributed by atoms with Gasteiger partial charge in [0.05, 0.1) is 12.8 Å². The molecule has 0 spiro atoms. The Morgan fingerprint density at radius 1 is 1.69 bits per heavy atom. The van der Waals surface area contributed by atoms with Gasteiger partial charge in [0, 0.05) is 11.0 Å². The summed E-state index contributed by atoms with van der Waals surface area (Å²) in [6.45, 7) is 0.716. The lowest BCUT2D eigenvalue weighted by Crippen LogP contribution is -2.27. The average molecular weight is 212 g/mol. The van der Waals surface area contributed by atoms with Gasteiger partial charge in [-0.15, -0.1) is 0 Å². The van der Waals surface area contributed by atoms with Crippen LogP contribution in [-0.4, -0.2) is 16.0 Å². The zero-order valence-electron chi connectivity index (χ0n) is 6.77. The van der Waals surface area contributed by atoms with E-state index in [1.807, 2.05) is 21.8 Å². The van der Waals surface area contributed by atoms with Crippen LogP contribution in [0.1, 0.15) is 5.76 Å². The van der Waals surface area contributed by atoms with Crippen molar-refractivity contribution < 1.29 is 4.42 Å². The van der Waals surface area contributed by atoms with Crippen LogP contribution in [0.3, 0.4) is 0 Å². The third-order valence-electron chi connectivity index (χ3n) is 1.72. The van der Waals surface area contributed by atoms with Crippen LogP contribution in [0.25, 0.3) is 5.57 Å². The van der Waals surface area contributed by atoms with Gasteiger partial charge in [0.2, 0.25) is 0 Å². The predicted molar refractivity (Wildman–Crippen MR) is 57.8 cm³/mol. The minimum Gasteiger partial charge on any atom is -0.465 e. The van der Waals surface area contributed by atoms with Crippen LogP contribution < -0.4 is 5.73 Å². The van der Waals surface area contributed by atoms with Crippen LogP contribution in [-0.2, 0) is 0 Å². The Morgan fingerprint density at radius 3 is 3.08 bits per heavy atom. The molecular weight excluding hydrogens is 204 g/mol. The summed E-state index contributed by atoms with van der Waals surface area (Å²) >= 11 is 6.36. The molecule has 0 saturated carbocycles. The van der Waals surface area contributed by atoms with E-state index in [0.717, 1.165) is 11.3 Å². The molecule has 2 heterocycles. The van der Waals surface area contributed by atoms with Gasteiger partial charge in [0.1, 0.15) is 5.76 Å². The molecule has 3 nitrogen and oxygen atoms in total. The average Bonchev–Trinajstić information content (AvgIpc) is 2.75. The maximum absolute atomic E-state index is 5.49. The van der Waals surface area contributed by atoms with Gasteiger partial charge in [-0.3, -0.25) is 4.31 Å². The Bertz CT molecular complexity index is 345. The van der Waals surface area contributed by atoms with E-state index in [-0.39, 0.29) is 0 Å². The SMILES string of the molecule is NC(=S)N1CC(c2ccco2)=CS1. The number of rotatable bonds is 1. The highest BCUT2D eigenvalue weighted by molar-refractivity contribution is 8.01. The molecule has 13 heavy (non-hydrogen) atoms. The van der Waals surface area contributed by atoms with Crippen molar-refractivity contribution in [2.45, 2.75) is 0 Å². The van der Waals surface area contributed by atoms with Crippen molar-refractivity contribution >= 4 is 34.9 Å². The number of hydrogen-bond acceptors (Lipinski definition) is 3. The molecule has 1 aromatic heterocycles. The number of thiocarbonyl (C=S) groups is 1. The van der Waals surface area contributed by atoms with Crippen LogP contribution in [0.5, 0.6) is 0 Å². The Labute approximate surface area is 85.7 Å². The summed E-state index contributed by atoms with van der Waals surface area (Å²) in [5.74, 6) is 0.881. The lowest BCUT2D eigenvalue weighted by atomic mass is 10.2. The van der Waals surface area contributed by atoms with Gasteiger partial charge >= 0.3 is 0 Å². The molecular formula is C8H8N2OS2. The quantitative estimate of drug-likeness (QED) is 0.568. The summed E-state index contributed by atoms with van der Waals surface area (Å²) in [6, 6.07) is 3.79. The van der Waals surface area contributed by atoms with Gasteiger partial charge < -0.3 is 10.2 Å². The topological polar surface area (TPSA) is 42.4 Å². The van der Waals surface area contributed by atoms with E-state index < -0.39 is 0 Å². The minimum atomic E-state index is 0.405. The normalized spacial score (nSPS) is 16.0. The molecule has 68 valence electrons. The fourth-order valence-corrected chi connectivity index (χ4v) is 2.04. The third kappa shape index (κ3) is 1.71. The molecule has 5 heteroatoms. The van der Waals surface area contributed by atoms with Crippen LogP contribution in [0.4, 0.5) is 0 Å². The Balaban J connectivity index is 2.10. The van der Waals surface area contributed by atoms with E-state index in [4.69, 9.17) is 22.4 Å². The van der Waals surface area contributed by atoms with Gasteiger partial charge in [-0.2, -0.15) is 0 Å². The molecule has 0 unspecified atom stereocenters. The van der Waals surface area contributed by atoms with Crippen molar-refractivity contribution in [1.29, 1.82) is 0 Å². The highest BCUT2D eigenvalue weighted by Gasteiger charge is 2.18. The van der Waals surface area contributed by atoms with E-state index in [1.165, 1.54) is 11.9 Å². The Hall–Kier alpha value is -0.940. The molecule has 1 aliphatic rings. The molecule has 0 fully saturated rings. The van der Waals surface area contributed by atoms with Crippen molar-refractivity contribution in [3.8, 4) is 0 Å². The van der Waals surface area contributed by atoms with Crippen molar-refractivity contribution in [2.75, 3.05) is 6.54 Å². The lowest BCUT2D eigenvalue weighted by Gasteiger charge is -2.12. The maximum Gasteiger partial charge on any atom is 0.176 e. The summed E-state index contributed by atoms with van der Waals surface area (Å²) in [6.07, 6.45) is 1.66. The second-order valence-electron chi connectivity index (χ2n) is 2.60. The molecule has 0 aromatic carbocycles. The third-order valence-corrected chi connectivity index (χ3v) is 3.03. The molecule has 0 saturated heterocycles. The van der Waals surface area contributed by atoms with Crippen molar-refractivity contribution in [3.05, 3.63) is 29.6 Å². The molecule has 2 N–H and O–H groups in total. The summed E-state index contributed by atoms with van der Waals surface area (Å²) < 4.78 is 7.09. The Morgan fingerprint density at radius 2 is 2.54 bits per heavy atom. The molecule has 0 aliphatic carbocycles. The molecule has 0 amide bonds. The fourth-order valence-electron chi connectivity index (χ4n) is 1.08. The van der Waals surface area contributed by atoms with E-state index in [1.54, 1.807) is 6.26 Å². The standard InChI is InChI=1S/C8H8N2OS2/c9-8(12)10-4-6(5-13-10)7-2-1-3-11-7/h1-3,5H,4H2,(H2,9,12). The molecule has 1 aliphatic heterocycles. The first kappa shape index (κ1) is 8.65. The second-order valence-corrected chi connectivity index (χ2v) is 3.91. The smallest absolute Gasteiger partial charge is 0.176 e. The molecule has 2 rings (SSSR count). The van der Waals surface area contributed by atoms with Crippen LogP contribution in [0.15, 0.2) is 28.2 Å². The van der Waals surface area contributed by atoms with E-state index in [9.17, 15) is 0 Å². The largest absolute Gasteiger partial charge is 0.465 e. The molecule has 1 aromatic rings. The zero-order chi connectivity index (χ0) is 9.26. The first-order valence-electron chi connectivity index (χ1n) is 3.74. The second kappa shape index (κ2) is 3.43. The monoisotopic (exact) mass is 212 g/mol. The minimum absolute atomic E-state index is 0.405. The summed E-state index contributed by atoms with van der Waals surface area (Å²) in [4.78, 5) is 0. The Kier molecular flexibility index (Phi) is 2.28. The van der Waals surface area contributed by atoms with Crippen molar-refractivity contribution in [2.24, 2.45) is 5.73 Å². The number of nitrogens with two attached hydrogens (primary N) is 1. The number of hydrogen-bond donors (Lipinski definition) is 1. The first-order valence-corrected chi connectivity index (χ1v) is 4.98. The van der Waals surface area contributed by atoms with Gasteiger partial charge in [-0.05, 0) is 36.3 Å². The fraction of sp³-hybridized carbons (Fsp3) is 0.125. The number of furan rings is 1. The van der Waals surface area contributed by atoms with Crippen LogP contribution in [0.2, 0.25) is 0 Å². The van der Waals surface area contributed by atoms with Crippen molar-refractivity contribution in [1.82, 2.24) is 4.31 Å². The van der Waals surface area contributed by atoms with Gasteiger partial charge in [-0.1, -0.05) is 0 Å². The van der Waals surface area contributed by atoms with Crippen LogP contribution >= 0.6 is 24.2 Å². The predicted octanol–water partition coefficient (Wildman–Crippen LogP) is 1.83. The summed E-state index contributed by atoms with van der Waals surface area (Å²) in [5, 5.41) is 2.40. The van der Waals surface area contributed by atoms with Gasteiger partial charge in [-0.25, -0.2) is 0 Å². The van der Waals surface area contributed by atoms with E-state index >= 15 is 0 Å². The molecule has 0 bridgehead atoms. The lowest BCUT2D eigenvalue weighted by molar-refractivity contribution is 0.549. The van der Waals surface area contributed by atoms with E-state index in [2.05, 4.69) is 0 Å². The summed E-state index contributed by atoms with van der Waals surface area (Å²) in [7, 11) is 0. The highest BCUT2D eigenvalue weighted by Crippen LogP contribution is 2.30. The van der Waals surface area contributed by atoms with Gasteiger partial charge in [0.15, 0.2) is 5.11 Å². The first-order chi connectivity index (χ1) is 6.27. The van der Waals surface area contributed by atoms with Gasteiger partial charge in [0.25, 0.3) is 0 Å².